The highest BCUT2D eigenvalue weighted by Gasteiger charge is 2.35. The summed E-state index contributed by atoms with van der Waals surface area (Å²) in [5, 5.41) is 2.25. The summed E-state index contributed by atoms with van der Waals surface area (Å²) in [4.78, 5) is 26.7. The fourth-order valence-corrected chi connectivity index (χ4v) is 3.84. The number of anilines is 1. The molecule has 35 heavy (non-hydrogen) atoms. The highest BCUT2D eigenvalue weighted by atomic mass is 32.1. The van der Waals surface area contributed by atoms with Gasteiger partial charge in [-0.05, 0) is 77.8 Å². The summed E-state index contributed by atoms with van der Waals surface area (Å²) in [5.41, 5.74) is 1.91. The van der Waals surface area contributed by atoms with Gasteiger partial charge in [-0.3, -0.25) is 14.9 Å². The topological polar surface area (TPSA) is 58.6 Å². The fraction of sp³-hybridized carbons (Fsp3) is 0.0741. The summed E-state index contributed by atoms with van der Waals surface area (Å²) in [7, 11) is 0. The molecule has 0 spiro atoms. The molecule has 4 rings (SSSR count). The van der Waals surface area contributed by atoms with E-state index in [1.165, 1.54) is 36.4 Å². The Bertz CT molecular complexity index is 1350. The van der Waals surface area contributed by atoms with Crippen LogP contribution in [0.15, 0.2) is 85.0 Å². The van der Waals surface area contributed by atoms with E-state index in [-0.39, 0.29) is 28.8 Å². The molecule has 0 radical (unpaired) electrons. The largest absolute Gasteiger partial charge is 0.489 e. The zero-order valence-electron chi connectivity index (χ0n) is 18.5. The maximum absolute atomic E-state index is 14.3. The summed E-state index contributed by atoms with van der Waals surface area (Å²) >= 11 is 5.12. The van der Waals surface area contributed by atoms with Gasteiger partial charge in [0.2, 0.25) is 0 Å². The molecule has 0 aromatic heterocycles. The van der Waals surface area contributed by atoms with Gasteiger partial charge in [0.1, 0.15) is 29.6 Å². The fourth-order valence-electron chi connectivity index (χ4n) is 3.56. The number of halogens is 2. The molecule has 1 fully saturated rings. The summed E-state index contributed by atoms with van der Waals surface area (Å²) in [5.74, 6) is -1.78. The lowest BCUT2D eigenvalue weighted by atomic mass is 10.0. The minimum absolute atomic E-state index is 0.0507. The van der Waals surface area contributed by atoms with Crippen LogP contribution in [0.25, 0.3) is 6.08 Å². The van der Waals surface area contributed by atoms with Crippen molar-refractivity contribution in [2.24, 2.45) is 0 Å². The van der Waals surface area contributed by atoms with Gasteiger partial charge < -0.3 is 4.74 Å². The minimum Gasteiger partial charge on any atom is -0.489 e. The van der Waals surface area contributed by atoms with E-state index in [1.54, 1.807) is 42.5 Å². The highest BCUT2D eigenvalue weighted by Crippen LogP contribution is 2.27. The quantitative estimate of drug-likeness (QED) is 0.217. The highest BCUT2D eigenvalue weighted by molar-refractivity contribution is 7.80. The number of nitrogens with zero attached hydrogens (tertiary/aromatic N) is 1. The first-order valence-corrected chi connectivity index (χ1v) is 11.0. The van der Waals surface area contributed by atoms with Gasteiger partial charge in [-0.2, -0.15) is 0 Å². The maximum atomic E-state index is 14.3. The molecular weight excluding hydrogens is 470 g/mol. The van der Waals surface area contributed by atoms with E-state index in [1.807, 2.05) is 0 Å². The van der Waals surface area contributed by atoms with Crippen LogP contribution in [-0.2, 0) is 22.6 Å². The zero-order chi connectivity index (χ0) is 24.9. The molecule has 1 aliphatic heterocycles. The first kappa shape index (κ1) is 24.0. The third-order valence-corrected chi connectivity index (χ3v) is 5.55. The van der Waals surface area contributed by atoms with E-state index in [2.05, 4.69) is 11.9 Å². The van der Waals surface area contributed by atoms with Crippen molar-refractivity contribution in [1.82, 2.24) is 5.32 Å². The third kappa shape index (κ3) is 5.33. The van der Waals surface area contributed by atoms with Crippen molar-refractivity contribution < 1.29 is 23.1 Å². The second-order valence-corrected chi connectivity index (χ2v) is 8.07. The molecule has 8 heteroatoms. The Morgan fingerprint density at radius 1 is 1.03 bits per heavy atom. The number of rotatable bonds is 7. The SMILES string of the molecule is C=CCc1cc(/C=C2\C(=O)NC(=S)N(c3ccccc3F)C2=O)ccc1OCc1ccc(F)cc1. The molecule has 1 heterocycles. The van der Waals surface area contributed by atoms with Crippen molar-refractivity contribution in [3.8, 4) is 5.75 Å². The molecule has 3 aromatic rings. The Hall–Kier alpha value is -4.17. The van der Waals surface area contributed by atoms with Gasteiger partial charge in [0, 0.05) is 0 Å². The average Bonchev–Trinajstić information content (AvgIpc) is 2.83. The van der Waals surface area contributed by atoms with Crippen molar-refractivity contribution in [3.05, 3.63) is 113 Å². The van der Waals surface area contributed by atoms with E-state index in [4.69, 9.17) is 17.0 Å². The molecular formula is C27H20F2N2O3S. The normalized spacial score (nSPS) is 14.7. The summed E-state index contributed by atoms with van der Waals surface area (Å²) in [6.45, 7) is 4.00. The molecule has 2 amide bonds. The van der Waals surface area contributed by atoms with Crippen molar-refractivity contribution in [2.45, 2.75) is 13.0 Å². The molecule has 1 N–H and O–H groups in total. The van der Waals surface area contributed by atoms with Gasteiger partial charge >= 0.3 is 0 Å². The Labute approximate surface area is 206 Å². The molecule has 0 aliphatic carbocycles. The van der Waals surface area contributed by atoms with E-state index in [0.717, 1.165) is 16.0 Å². The maximum Gasteiger partial charge on any atom is 0.270 e. The number of ether oxygens (including phenoxy) is 1. The third-order valence-electron chi connectivity index (χ3n) is 5.26. The Morgan fingerprint density at radius 3 is 2.49 bits per heavy atom. The Morgan fingerprint density at radius 2 is 1.77 bits per heavy atom. The minimum atomic E-state index is -0.731. The molecule has 1 aliphatic rings. The second kappa shape index (κ2) is 10.4. The standard InChI is InChI=1S/C27H20F2N2O3S/c1-2-5-19-14-18(10-13-24(19)34-16-17-8-11-20(28)12-9-17)15-21-25(32)30-27(35)31(26(21)33)23-7-4-3-6-22(23)29/h2-4,6-15H,1,5,16H2,(H,30,32,35)/b21-15+. The molecule has 3 aromatic carbocycles. The molecule has 0 unspecified atom stereocenters. The summed E-state index contributed by atoms with van der Waals surface area (Å²) in [6.07, 6.45) is 3.60. The van der Waals surface area contributed by atoms with Crippen LogP contribution in [0.5, 0.6) is 5.75 Å². The first-order valence-electron chi connectivity index (χ1n) is 10.6. The van der Waals surface area contributed by atoms with Gasteiger partial charge in [-0.25, -0.2) is 13.7 Å². The molecule has 176 valence electrons. The van der Waals surface area contributed by atoms with Gasteiger partial charge in [0.15, 0.2) is 5.11 Å². The number of carbonyl (C=O) groups excluding carboxylic acids is 2. The van der Waals surface area contributed by atoms with Crippen molar-refractivity contribution in [3.63, 3.8) is 0 Å². The van der Waals surface area contributed by atoms with Crippen molar-refractivity contribution in [2.75, 3.05) is 4.90 Å². The predicted molar refractivity (Wildman–Crippen MR) is 134 cm³/mol. The molecule has 1 saturated heterocycles. The van der Waals surface area contributed by atoms with Gasteiger partial charge in [-0.15, -0.1) is 6.58 Å². The van der Waals surface area contributed by atoms with Crippen molar-refractivity contribution >= 4 is 40.9 Å². The predicted octanol–water partition coefficient (Wildman–Crippen LogP) is 5.10. The monoisotopic (exact) mass is 490 g/mol. The second-order valence-electron chi connectivity index (χ2n) is 7.68. The molecule has 0 bridgehead atoms. The van der Waals surface area contributed by atoms with Crippen LogP contribution in [0.3, 0.4) is 0 Å². The lowest BCUT2D eigenvalue weighted by molar-refractivity contribution is -0.122. The van der Waals surface area contributed by atoms with Crippen LogP contribution in [0.1, 0.15) is 16.7 Å². The Balaban J connectivity index is 1.62. The number of para-hydroxylation sites is 1. The number of benzene rings is 3. The molecule has 0 saturated carbocycles. The van der Waals surface area contributed by atoms with E-state index in [0.29, 0.717) is 17.7 Å². The van der Waals surface area contributed by atoms with Crippen molar-refractivity contribution in [1.29, 1.82) is 0 Å². The van der Waals surface area contributed by atoms with Crippen LogP contribution >= 0.6 is 12.2 Å². The molecule has 0 atom stereocenters. The van der Waals surface area contributed by atoms with E-state index in [9.17, 15) is 18.4 Å². The lowest BCUT2D eigenvalue weighted by Crippen LogP contribution is -2.54. The van der Waals surface area contributed by atoms with E-state index < -0.39 is 17.6 Å². The summed E-state index contributed by atoms with van der Waals surface area (Å²) < 4.78 is 33.4. The van der Waals surface area contributed by atoms with Crippen LogP contribution in [-0.4, -0.2) is 16.9 Å². The van der Waals surface area contributed by atoms with Gasteiger partial charge in [0.25, 0.3) is 11.8 Å². The number of nitrogens with one attached hydrogen (secondary N) is 1. The van der Waals surface area contributed by atoms with Crippen LogP contribution in [0.2, 0.25) is 0 Å². The van der Waals surface area contributed by atoms with Crippen LogP contribution in [0, 0.1) is 11.6 Å². The summed E-state index contributed by atoms with van der Waals surface area (Å²) in [6, 6.07) is 16.9. The number of allylic oxidation sites excluding steroid dienone is 1. The number of hydrogen-bond acceptors (Lipinski definition) is 4. The number of hydrogen-bond donors (Lipinski definition) is 1. The average molecular weight is 491 g/mol. The zero-order valence-corrected chi connectivity index (χ0v) is 19.3. The number of thiocarbonyl (C=S) groups is 1. The smallest absolute Gasteiger partial charge is 0.270 e. The lowest BCUT2D eigenvalue weighted by Gasteiger charge is -2.29. The van der Waals surface area contributed by atoms with Gasteiger partial charge in [0.05, 0.1) is 5.69 Å². The Kier molecular flexibility index (Phi) is 7.12. The molecule has 5 nitrogen and oxygen atoms in total. The van der Waals surface area contributed by atoms with Crippen LogP contribution in [0.4, 0.5) is 14.5 Å². The number of amides is 2. The van der Waals surface area contributed by atoms with Gasteiger partial charge in [-0.1, -0.05) is 36.4 Å². The van der Waals surface area contributed by atoms with E-state index >= 15 is 0 Å². The first-order chi connectivity index (χ1) is 16.9. The van der Waals surface area contributed by atoms with Crippen LogP contribution < -0.4 is 15.0 Å². The number of carbonyl (C=O) groups is 2.